The van der Waals surface area contributed by atoms with E-state index in [9.17, 15) is 9.90 Å². The predicted octanol–water partition coefficient (Wildman–Crippen LogP) is 2.31. The van der Waals surface area contributed by atoms with Crippen molar-refractivity contribution in [1.82, 2.24) is 10.2 Å². The van der Waals surface area contributed by atoms with Crippen molar-refractivity contribution in [2.24, 2.45) is 0 Å². The van der Waals surface area contributed by atoms with Crippen LogP contribution in [0.25, 0.3) is 0 Å². The Morgan fingerprint density at radius 1 is 1.43 bits per heavy atom. The van der Waals surface area contributed by atoms with Crippen LogP contribution in [0.2, 0.25) is 0 Å². The van der Waals surface area contributed by atoms with E-state index >= 15 is 0 Å². The fourth-order valence-electron chi connectivity index (χ4n) is 2.54. The minimum atomic E-state index is -0.698. The summed E-state index contributed by atoms with van der Waals surface area (Å²) in [7, 11) is 1.68. The average Bonchev–Trinajstić information content (AvgIpc) is 2.56. The van der Waals surface area contributed by atoms with Gasteiger partial charge in [0.15, 0.2) is 0 Å². The van der Waals surface area contributed by atoms with Gasteiger partial charge in [0, 0.05) is 13.1 Å². The van der Waals surface area contributed by atoms with Gasteiger partial charge in [-0.1, -0.05) is 42.5 Å². The van der Waals surface area contributed by atoms with Crippen LogP contribution in [0.4, 0.5) is 4.79 Å². The zero-order valence-electron chi connectivity index (χ0n) is 13.6. The standard InChI is InChI=1S/C18H26N2O3/c1-20(18(22)19-16-10-6-3-7-11-16)12-17(21)14-23-13-15-8-4-2-5-9-15/h2,4-6,8-10,16-17,21H,3,7,11-14H2,1H3,(H,19,22). The van der Waals surface area contributed by atoms with Gasteiger partial charge in [0.25, 0.3) is 0 Å². The number of amides is 2. The number of urea groups is 1. The Hall–Kier alpha value is -1.85. The number of benzene rings is 1. The smallest absolute Gasteiger partial charge is 0.317 e. The second-order valence-corrected chi connectivity index (χ2v) is 5.95. The summed E-state index contributed by atoms with van der Waals surface area (Å²) in [5.74, 6) is 0. The first kappa shape index (κ1) is 17.5. The molecule has 126 valence electrons. The lowest BCUT2D eigenvalue weighted by atomic mass is 10.0. The quantitative estimate of drug-likeness (QED) is 0.759. The van der Waals surface area contributed by atoms with Gasteiger partial charge < -0.3 is 20.1 Å². The molecule has 0 fully saturated rings. The molecule has 5 heteroatoms. The van der Waals surface area contributed by atoms with Gasteiger partial charge in [-0.2, -0.15) is 0 Å². The molecule has 2 atom stereocenters. The summed E-state index contributed by atoms with van der Waals surface area (Å²) in [5.41, 5.74) is 1.06. The first-order chi connectivity index (χ1) is 11.1. The summed E-state index contributed by atoms with van der Waals surface area (Å²) < 4.78 is 5.49. The first-order valence-electron chi connectivity index (χ1n) is 8.13. The van der Waals surface area contributed by atoms with Gasteiger partial charge in [0.2, 0.25) is 0 Å². The molecule has 2 amide bonds. The van der Waals surface area contributed by atoms with Crippen LogP contribution in [0.5, 0.6) is 0 Å². The van der Waals surface area contributed by atoms with Crippen molar-refractivity contribution in [3.63, 3.8) is 0 Å². The van der Waals surface area contributed by atoms with Gasteiger partial charge in [-0.3, -0.25) is 0 Å². The van der Waals surface area contributed by atoms with Crippen LogP contribution < -0.4 is 5.32 Å². The number of ether oxygens (including phenoxy) is 1. The number of rotatable bonds is 7. The van der Waals surface area contributed by atoms with Crippen LogP contribution in [0, 0.1) is 0 Å². The molecule has 1 aliphatic rings. The Bertz CT molecular complexity index is 504. The molecule has 23 heavy (non-hydrogen) atoms. The molecule has 0 spiro atoms. The fourth-order valence-corrected chi connectivity index (χ4v) is 2.54. The molecule has 0 radical (unpaired) electrons. The van der Waals surface area contributed by atoms with E-state index in [2.05, 4.69) is 11.4 Å². The third kappa shape index (κ3) is 6.42. The van der Waals surface area contributed by atoms with Crippen molar-refractivity contribution >= 4 is 6.03 Å². The van der Waals surface area contributed by atoms with Gasteiger partial charge in [-0.25, -0.2) is 4.79 Å². The maximum Gasteiger partial charge on any atom is 0.317 e. The fraction of sp³-hybridized carbons (Fsp3) is 0.500. The molecule has 0 saturated heterocycles. The normalized spacial score (nSPS) is 18.4. The Morgan fingerprint density at radius 3 is 2.91 bits per heavy atom. The van der Waals surface area contributed by atoms with E-state index in [0.29, 0.717) is 6.61 Å². The van der Waals surface area contributed by atoms with Crippen molar-refractivity contribution in [2.45, 2.75) is 38.0 Å². The van der Waals surface area contributed by atoms with Crippen molar-refractivity contribution in [3.8, 4) is 0 Å². The van der Waals surface area contributed by atoms with Crippen LogP contribution in [-0.4, -0.2) is 48.4 Å². The van der Waals surface area contributed by atoms with E-state index < -0.39 is 6.10 Å². The number of nitrogens with zero attached hydrogens (tertiary/aromatic N) is 1. The molecular weight excluding hydrogens is 292 g/mol. The molecule has 1 aromatic rings. The van der Waals surface area contributed by atoms with Crippen molar-refractivity contribution in [2.75, 3.05) is 20.2 Å². The molecule has 0 heterocycles. The molecule has 5 nitrogen and oxygen atoms in total. The zero-order valence-corrected chi connectivity index (χ0v) is 13.6. The van der Waals surface area contributed by atoms with E-state index in [4.69, 9.17) is 4.74 Å². The number of nitrogens with one attached hydrogen (secondary N) is 1. The van der Waals surface area contributed by atoms with Crippen LogP contribution in [0.15, 0.2) is 42.5 Å². The number of aliphatic hydroxyl groups excluding tert-OH is 1. The maximum absolute atomic E-state index is 12.1. The molecule has 0 bridgehead atoms. The number of hydrogen-bond acceptors (Lipinski definition) is 3. The molecule has 2 unspecified atom stereocenters. The van der Waals surface area contributed by atoms with Crippen molar-refractivity contribution in [3.05, 3.63) is 48.0 Å². The zero-order chi connectivity index (χ0) is 16.5. The van der Waals surface area contributed by atoms with Crippen LogP contribution in [0.1, 0.15) is 24.8 Å². The largest absolute Gasteiger partial charge is 0.389 e. The van der Waals surface area contributed by atoms with Gasteiger partial charge in [-0.15, -0.1) is 0 Å². The average molecular weight is 318 g/mol. The highest BCUT2D eigenvalue weighted by Gasteiger charge is 2.17. The lowest BCUT2D eigenvalue weighted by molar-refractivity contribution is 0.0180. The molecule has 2 rings (SSSR count). The van der Waals surface area contributed by atoms with E-state index in [1.165, 1.54) is 4.90 Å². The molecule has 2 N–H and O–H groups in total. The Labute approximate surface area is 137 Å². The van der Waals surface area contributed by atoms with E-state index in [0.717, 1.165) is 24.8 Å². The SMILES string of the molecule is CN(CC(O)COCc1ccccc1)C(=O)NC1C=CCCC1. The van der Waals surface area contributed by atoms with Gasteiger partial charge >= 0.3 is 6.03 Å². The summed E-state index contributed by atoms with van der Waals surface area (Å²) in [4.78, 5) is 13.6. The number of hydrogen-bond donors (Lipinski definition) is 2. The van der Waals surface area contributed by atoms with Crippen molar-refractivity contribution < 1.29 is 14.6 Å². The number of carbonyl (C=O) groups is 1. The summed E-state index contributed by atoms with van der Waals surface area (Å²) in [6.45, 7) is 0.910. The first-order valence-corrected chi connectivity index (χ1v) is 8.13. The van der Waals surface area contributed by atoms with Crippen molar-refractivity contribution in [1.29, 1.82) is 0 Å². The molecule has 1 aliphatic carbocycles. The second kappa shape index (κ2) is 9.33. The van der Waals surface area contributed by atoms with E-state index in [1.54, 1.807) is 7.05 Å². The number of aliphatic hydroxyl groups is 1. The third-order valence-electron chi connectivity index (χ3n) is 3.82. The highest BCUT2D eigenvalue weighted by atomic mass is 16.5. The Kier molecular flexibility index (Phi) is 7.10. The lowest BCUT2D eigenvalue weighted by Gasteiger charge is -2.25. The molecule has 0 saturated carbocycles. The monoisotopic (exact) mass is 318 g/mol. The van der Waals surface area contributed by atoms with Crippen LogP contribution >= 0.6 is 0 Å². The van der Waals surface area contributed by atoms with Crippen LogP contribution in [-0.2, 0) is 11.3 Å². The third-order valence-corrected chi connectivity index (χ3v) is 3.82. The van der Waals surface area contributed by atoms with Crippen LogP contribution in [0.3, 0.4) is 0 Å². The molecule has 0 aliphatic heterocycles. The number of carbonyl (C=O) groups excluding carboxylic acids is 1. The Balaban J connectivity index is 1.65. The minimum absolute atomic E-state index is 0.102. The summed E-state index contributed by atoms with van der Waals surface area (Å²) in [5, 5.41) is 12.9. The maximum atomic E-state index is 12.1. The lowest BCUT2D eigenvalue weighted by Crippen LogP contribution is -2.46. The number of likely N-dealkylation sites (N-methyl/N-ethyl adjacent to an activating group) is 1. The highest BCUT2D eigenvalue weighted by molar-refractivity contribution is 5.74. The van der Waals surface area contributed by atoms with Gasteiger partial charge in [-0.05, 0) is 24.8 Å². The number of allylic oxidation sites excluding steroid dienone is 1. The predicted molar refractivity (Wildman–Crippen MR) is 90.0 cm³/mol. The second-order valence-electron chi connectivity index (χ2n) is 5.95. The summed E-state index contributed by atoms with van der Waals surface area (Å²) in [6.07, 6.45) is 6.59. The van der Waals surface area contributed by atoms with Gasteiger partial charge in [0.1, 0.15) is 0 Å². The topological polar surface area (TPSA) is 61.8 Å². The summed E-state index contributed by atoms with van der Waals surface area (Å²) in [6, 6.07) is 9.74. The molecular formula is C18H26N2O3. The molecule has 1 aromatic carbocycles. The Morgan fingerprint density at radius 2 is 2.22 bits per heavy atom. The molecule has 0 aromatic heterocycles. The van der Waals surface area contributed by atoms with Gasteiger partial charge in [0.05, 0.1) is 25.9 Å². The van der Waals surface area contributed by atoms with E-state index in [1.807, 2.05) is 36.4 Å². The summed E-state index contributed by atoms with van der Waals surface area (Å²) >= 11 is 0. The highest BCUT2D eigenvalue weighted by Crippen LogP contribution is 2.10. The minimum Gasteiger partial charge on any atom is -0.389 e. The van der Waals surface area contributed by atoms with E-state index in [-0.39, 0.29) is 25.2 Å².